The Labute approximate surface area is 794 Å². The maximum absolute atomic E-state index is 13.4. The van der Waals surface area contributed by atoms with Crippen LogP contribution in [0.5, 0.6) is 0 Å². The molecule has 2 aliphatic carbocycles. The Bertz CT molecular complexity index is 6310. The molecule has 31 heteroatoms. The van der Waals surface area contributed by atoms with E-state index in [1.165, 1.54) is 51.9 Å². The lowest BCUT2D eigenvalue weighted by Crippen LogP contribution is -2.51. The van der Waals surface area contributed by atoms with E-state index < -0.39 is 41.7 Å². The first-order valence-electron chi connectivity index (χ1n) is 47.2. The van der Waals surface area contributed by atoms with Gasteiger partial charge in [-0.05, 0) is 251 Å². The van der Waals surface area contributed by atoms with E-state index in [1.807, 2.05) is 58.3 Å². The van der Waals surface area contributed by atoms with E-state index in [-0.39, 0.29) is 48.8 Å². The summed E-state index contributed by atoms with van der Waals surface area (Å²) in [6.45, 7) is 16.0. The summed E-state index contributed by atoms with van der Waals surface area (Å²) in [5.74, 6) is 0.612. The van der Waals surface area contributed by atoms with Crippen molar-refractivity contribution < 1.29 is 56.3 Å². The Morgan fingerprint density at radius 1 is 0.372 bits per heavy atom. The Balaban J connectivity index is 0.000000149. The van der Waals surface area contributed by atoms with E-state index in [0.717, 1.165) is 176 Å². The maximum atomic E-state index is 13.4. The molecule has 3 atom stereocenters. The quantitative estimate of drug-likeness (QED) is 0.0140. The fourth-order valence-electron chi connectivity index (χ4n) is 19.5. The number of halogens is 3. The van der Waals surface area contributed by atoms with Crippen molar-refractivity contribution in [3.05, 3.63) is 291 Å². The van der Waals surface area contributed by atoms with Crippen LogP contribution in [0.1, 0.15) is 236 Å². The molecule has 0 radical (unpaired) electrons. The maximum Gasteiger partial charge on any atom is 0.416 e. The van der Waals surface area contributed by atoms with Crippen LogP contribution in [0, 0.1) is 0 Å². The number of rotatable bonds is 33. The third-order valence-corrected chi connectivity index (χ3v) is 26.5. The molecule has 0 saturated carbocycles. The minimum atomic E-state index is -4.37. The summed E-state index contributed by atoms with van der Waals surface area (Å²) in [5, 5.41) is 24.9. The number of anilines is 9. The number of amides is 9. The van der Waals surface area contributed by atoms with Crippen LogP contribution in [0.3, 0.4) is 0 Å². The summed E-state index contributed by atoms with van der Waals surface area (Å²) >= 11 is 0. The number of nitrogens with one attached hydrogen (secondary N) is 8. The largest absolute Gasteiger partial charge is 0.416 e. The molecule has 9 aliphatic rings. The van der Waals surface area contributed by atoms with Crippen molar-refractivity contribution in [3.8, 4) is 11.1 Å². The second-order valence-electron chi connectivity index (χ2n) is 35.8. The molecule has 28 nitrogen and oxygen atoms in total. The monoisotopic (exact) mass is 1850 g/mol. The van der Waals surface area contributed by atoms with Gasteiger partial charge in [-0.3, -0.25) is 57.9 Å². The third-order valence-electron chi connectivity index (χ3n) is 26.5. The summed E-state index contributed by atoms with van der Waals surface area (Å²) in [6, 6.07) is 46.2. The fourth-order valence-corrected chi connectivity index (χ4v) is 19.5. The van der Waals surface area contributed by atoms with Crippen LogP contribution in [0.2, 0.25) is 0 Å². The molecule has 3 unspecified atom stereocenters. The Morgan fingerprint density at radius 3 is 1.24 bits per heavy atom. The normalized spacial score (nSPS) is 17.4. The van der Waals surface area contributed by atoms with Crippen LogP contribution in [-0.2, 0) is 59.1 Å². The van der Waals surface area contributed by atoms with Crippen molar-refractivity contribution in [2.75, 3.05) is 82.2 Å². The molecule has 0 spiro atoms. The Kier molecular flexibility index (Phi) is 30.1. The van der Waals surface area contributed by atoms with Gasteiger partial charge in [-0.1, -0.05) is 145 Å². The van der Waals surface area contributed by atoms with Crippen LogP contribution >= 0.6 is 0 Å². The number of aryl methyl sites for hydroxylation is 5. The average Bonchev–Trinajstić information content (AvgIpc) is 1.60. The fraction of sp³-hybridized carbons (Fsp3) is 0.349. The number of imide groups is 3. The Morgan fingerprint density at radius 2 is 0.774 bits per heavy atom. The number of fused-ring (bicyclic) bond motifs is 7. The first-order chi connectivity index (χ1) is 66.0. The summed E-state index contributed by atoms with van der Waals surface area (Å²) in [7, 11) is 0. The number of aromatic nitrogens is 6. The summed E-state index contributed by atoms with van der Waals surface area (Å²) in [6.07, 6.45) is 21.6. The highest BCUT2D eigenvalue weighted by Gasteiger charge is 2.48. The van der Waals surface area contributed by atoms with Gasteiger partial charge < -0.3 is 52.3 Å². The van der Waals surface area contributed by atoms with E-state index in [1.54, 1.807) is 48.9 Å². The van der Waals surface area contributed by atoms with Gasteiger partial charge in [-0.25, -0.2) is 15.0 Å². The highest BCUT2D eigenvalue weighted by Crippen LogP contribution is 2.41. The van der Waals surface area contributed by atoms with Crippen molar-refractivity contribution in [3.63, 3.8) is 0 Å². The van der Waals surface area contributed by atoms with Gasteiger partial charge in [0, 0.05) is 98.6 Å². The molecule has 9 amide bonds. The molecule has 7 aliphatic heterocycles. The number of piperidine rings is 3. The van der Waals surface area contributed by atoms with E-state index >= 15 is 0 Å². The minimum Gasteiger partial charge on any atom is -0.370 e. The van der Waals surface area contributed by atoms with Gasteiger partial charge in [0.1, 0.15) is 35.6 Å². The van der Waals surface area contributed by atoms with Crippen LogP contribution in [0.4, 0.5) is 65.5 Å². The van der Waals surface area contributed by atoms with Crippen LogP contribution in [-0.4, -0.2) is 162 Å². The van der Waals surface area contributed by atoms with Crippen LogP contribution < -0.4 is 52.3 Å². The number of unbranched alkanes of at least 4 members (excludes halogenated alkanes) is 9. The summed E-state index contributed by atoms with van der Waals surface area (Å²) in [5.41, 5.74) is 16.9. The molecular formula is C106H114F3N19O9. The van der Waals surface area contributed by atoms with Crippen molar-refractivity contribution in [2.24, 2.45) is 0 Å². The smallest absolute Gasteiger partial charge is 0.370 e. The van der Waals surface area contributed by atoms with Crippen molar-refractivity contribution in [2.45, 2.75) is 192 Å². The number of carbonyl (C=O) groups is 9. The topological polar surface area (TPSA) is 343 Å². The molecule has 10 aromatic rings. The van der Waals surface area contributed by atoms with Gasteiger partial charge in [-0.2, -0.15) is 28.1 Å². The number of alkyl halides is 3. The van der Waals surface area contributed by atoms with E-state index in [0.29, 0.717) is 164 Å². The minimum absolute atomic E-state index is 0. The first-order valence-corrected chi connectivity index (χ1v) is 47.2. The molecular weight excluding hydrogens is 1740 g/mol. The second-order valence-corrected chi connectivity index (χ2v) is 35.8. The van der Waals surface area contributed by atoms with E-state index in [4.69, 9.17) is 0 Å². The molecule has 0 bridgehead atoms. The standard InChI is InChI=1S/C37H36N6O3.C35H38F3N7O3.C33H36N6O3.CH4/c1-23-14-17-31(34(44)40-23)43-35(45)30-13-8-11-24(33(30)36(43)46)9-4-2-3-7-19-38-32-18-20-39-37(42-32)41-27-15-16-29-26(22-27)21-25-10-5-6-12-28(25)29;1-23-13-14-28(31(46)41-23)45-32(47)27-12-6-9-24(30(27)33(45)48)8-4-2-3-5-16-39-29-15-17-40-34(42-29)44-20-18-43(19-21-44)26-11-7-10-25(22-26)35(36,37)38;1-21-13-16-27(30(40)36-21)39-31(41)26-12-7-10-23(29(26)32(39)42)8-4-2-3-5-18-34-28-17-19-35-33(38-28)37-25-15-14-22-9-6-11-24(22)20-25;/h5-6,8,10-13,15-16,18,20,22,31H,1-4,7,9,14,17,19,21H2,(H,40,44)(H2,38,39,41,42);6-7,9-12,15,17,22,28H,1-5,8,13-14,16,18-21H2,(H,41,46)(H,39,40,42);7,10,12,14-15,17,19-20,27H,1-6,8-9,11,13,16,18H2,(H,36,40)(H2,34,35,37,38);1H4. The number of nitrogens with zero attached hydrogens (tertiary/aromatic N) is 11. The van der Waals surface area contributed by atoms with Gasteiger partial charge in [0.25, 0.3) is 35.4 Å². The zero-order valence-electron chi connectivity index (χ0n) is 76.0. The SMILES string of the molecule is C.C=C1CCC(N2C(=O)c3cccc(CCCCCCNc4ccnc(N5CCN(c6cccc(C(F)(F)F)c6)CC5)n4)c3C2=O)C(=O)N1.C=C1CCC(N2C(=O)c3cccc(CCCCCCNc4ccnc(Nc5ccc6c(c5)CCC6)n4)c3C2=O)C(=O)N1.C=C1CCC(N2C(=O)c3cccc(CCCCCCNc4ccnc(Nc5ccc6c(c5)Cc5ccccc5-6)n4)c3C2=O)C(=O)N1. The number of benzene rings is 7. The van der Waals surface area contributed by atoms with E-state index in [9.17, 15) is 56.3 Å². The van der Waals surface area contributed by atoms with Gasteiger partial charge in [0.2, 0.25) is 35.6 Å². The molecule has 19 rings (SSSR count). The number of piperazine rings is 1. The van der Waals surface area contributed by atoms with Crippen LogP contribution in [0.15, 0.2) is 213 Å². The molecule has 708 valence electrons. The number of allylic oxidation sites excluding steroid dienone is 3. The number of hydrogen-bond donors (Lipinski definition) is 8. The average molecular weight is 1860 g/mol. The number of hydrogen-bond acceptors (Lipinski definition) is 22. The van der Waals surface area contributed by atoms with Gasteiger partial charge in [-0.15, -0.1) is 0 Å². The lowest BCUT2D eigenvalue weighted by atomic mass is 9.97. The molecule has 3 aromatic heterocycles. The Hall–Kier alpha value is -14.8. The lowest BCUT2D eigenvalue weighted by molar-refractivity contribution is -0.137. The molecule has 137 heavy (non-hydrogen) atoms. The predicted octanol–water partition coefficient (Wildman–Crippen LogP) is 17.8. The molecule has 4 saturated heterocycles. The highest BCUT2D eigenvalue weighted by molar-refractivity contribution is 6.25. The first kappa shape index (κ1) is 95.4. The number of carbonyl (C=O) groups excluding carboxylic acids is 9. The van der Waals surface area contributed by atoms with Crippen molar-refractivity contribution in [1.82, 2.24) is 60.6 Å². The second kappa shape index (κ2) is 43.3. The van der Waals surface area contributed by atoms with E-state index in [2.05, 4.69) is 153 Å². The molecule has 4 fully saturated rings. The van der Waals surface area contributed by atoms with Gasteiger partial charge in [0.05, 0.1) is 38.9 Å². The zero-order valence-corrected chi connectivity index (χ0v) is 76.0. The lowest BCUT2D eigenvalue weighted by Gasteiger charge is -2.36. The van der Waals surface area contributed by atoms with Gasteiger partial charge in [0.15, 0.2) is 0 Å². The summed E-state index contributed by atoms with van der Waals surface area (Å²) < 4.78 is 39.4. The van der Waals surface area contributed by atoms with Crippen molar-refractivity contribution >= 4 is 106 Å². The van der Waals surface area contributed by atoms with Crippen molar-refractivity contribution in [1.29, 1.82) is 0 Å². The molecule has 10 heterocycles. The predicted molar refractivity (Wildman–Crippen MR) is 522 cm³/mol. The third kappa shape index (κ3) is 22.1. The van der Waals surface area contributed by atoms with Crippen LogP contribution in [0.25, 0.3) is 11.1 Å². The van der Waals surface area contributed by atoms with Gasteiger partial charge >= 0.3 is 6.18 Å². The molecule has 8 N–H and O–H groups in total. The zero-order chi connectivity index (χ0) is 94.5. The highest BCUT2D eigenvalue weighted by atomic mass is 19.4. The molecule has 7 aromatic carbocycles. The summed E-state index contributed by atoms with van der Waals surface area (Å²) in [4.78, 5) is 151.